The number of esters is 1. The van der Waals surface area contributed by atoms with Gasteiger partial charge in [0.25, 0.3) is 5.56 Å². The SMILES string of the molecule is CCOC(=O)Cn1nc(CC(C)C)c2cc(C(F)(F)F)ccc2c1=O. The summed E-state index contributed by atoms with van der Waals surface area (Å²) in [6.45, 7) is 5.20. The molecule has 0 aliphatic heterocycles. The third-order valence-corrected chi connectivity index (χ3v) is 3.55. The molecule has 0 fully saturated rings. The summed E-state index contributed by atoms with van der Waals surface area (Å²) in [5.74, 6) is -0.516. The molecule has 5 nitrogen and oxygen atoms in total. The molecule has 0 saturated heterocycles. The third kappa shape index (κ3) is 4.37. The maximum atomic E-state index is 13.0. The standard InChI is InChI=1S/C17H19F3N2O3/c1-4-25-15(23)9-22-16(24)12-6-5-11(17(18,19)20)8-13(12)14(21-22)7-10(2)3/h5-6,8,10H,4,7,9H2,1-3H3. The summed E-state index contributed by atoms with van der Waals surface area (Å²) < 4.78 is 44.7. The van der Waals surface area contributed by atoms with E-state index in [4.69, 9.17) is 4.74 Å². The molecular weight excluding hydrogens is 337 g/mol. The highest BCUT2D eigenvalue weighted by atomic mass is 19.4. The van der Waals surface area contributed by atoms with Gasteiger partial charge in [0.05, 0.1) is 23.3 Å². The molecule has 0 N–H and O–H groups in total. The number of hydrogen-bond acceptors (Lipinski definition) is 4. The molecule has 0 amide bonds. The van der Waals surface area contributed by atoms with Crippen LogP contribution in [0.25, 0.3) is 10.8 Å². The Morgan fingerprint density at radius 2 is 1.96 bits per heavy atom. The first-order valence-corrected chi connectivity index (χ1v) is 7.90. The maximum absolute atomic E-state index is 13.0. The molecule has 25 heavy (non-hydrogen) atoms. The predicted octanol–water partition coefficient (Wildman–Crippen LogP) is 3.18. The quantitative estimate of drug-likeness (QED) is 0.772. The van der Waals surface area contributed by atoms with Gasteiger partial charge in [0, 0.05) is 5.39 Å². The maximum Gasteiger partial charge on any atom is 0.416 e. The number of aromatic nitrogens is 2. The number of carbonyl (C=O) groups excluding carboxylic acids is 1. The number of halogens is 3. The largest absolute Gasteiger partial charge is 0.465 e. The first-order chi connectivity index (χ1) is 11.6. The van der Waals surface area contributed by atoms with E-state index in [1.165, 1.54) is 0 Å². The fourth-order valence-corrected chi connectivity index (χ4v) is 2.50. The Hall–Kier alpha value is -2.38. The number of alkyl halides is 3. The van der Waals surface area contributed by atoms with Crippen LogP contribution in [-0.2, 0) is 28.7 Å². The Morgan fingerprint density at radius 1 is 1.28 bits per heavy atom. The lowest BCUT2D eigenvalue weighted by atomic mass is 10.0. The highest BCUT2D eigenvalue weighted by molar-refractivity contribution is 5.84. The van der Waals surface area contributed by atoms with Gasteiger partial charge in [-0.05, 0) is 37.5 Å². The Labute approximate surface area is 142 Å². The van der Waals surface area contributed by atoms with Crippen molar-refractivity contribution in [3.8, 4) is 0 Å². The summed E-state index contributed by atoms with van der Waals surface area (Å²) in [5, 5.41) is 4.38. The van der Waals surface area contributed by atoms with Crippen LogP contribution in [0.1, 0.15) is 32.0 Å². The highest BCUT2D eigenvalue weighted by Crippen LogP contribution is 2.31. The Balaban J connectivity index is 2.65. The van der Waals surface area contributed by atoms with Crippen molar-refractivity contribution in [2.75, 3.05) is 6.61 Å². The summed E-state index contributed by atoms with van der Waals surface area (Å²) in [4.78, 5) is 24.1. The molecule has 0 atom stereocenters. The van der Waals surface area contributed by atoms with Crippen LogP contribution in [0.2, 0.25) is 0 Å². The van der Waals surface area contributed by atoms with Crippen molar-refractivity contribution in [2.45, 2.75) is 39.9 Å². The first-order valence-electron chi connectivity index (χ1n) is 7.90. The number of fused-ring (bicyclic) bond motifs is 1. The fraction of sp³-hybridized carbons (Fsp3) is 0.471. The molecule has 0 bridgehead atoms. The molecule has 2 aromatic rings. The third-order valence-electron chi connectivity index (χ3n) is 3.55. The molecular formula is C17H19F3N2O3. The van der Waals surface area contributed by atoms with Crippen LogP contribution in [0.15, 0.2) is 23.0 Å². The van der Waals surface area contributed by atoms with E-state index < -0.39 is 23.3 Å². The molecule has 2 rings (SSSR count). The summed E-state index contributed by atoms with van der Waals surface area (Å²) in [6.07, 6.45) is -4.13. The lowest BCUT2D eigenvalue weighted by Gasteiger charge is -2.14. The molecule has 0 aliphatic rings. The lowest BCUT2D eigenvalue weighted by Crippen LogP contribution is -2.29. The minimum absolute atomic E-state index is 0.1000. The van der Waals surface area contributed by atoms with Crippen LogP contribution in [0.4, 0.5) is 13.2 Å². The zero-order chi connectivity index (χ0) is 18.8. The van der Waals surface area contributed by atoms with Crippen LogP contribution in [0.5, 0.6) is 0 Å². The van der Waals surface area contributed by atoms with Gasteiger partial charge in [-0.2, -0.15) is 18.3 Å². The number of hydrogen-bond donors (Lipinski definition) is 0. The topological polar surface area (TPSA) is 61.2 Å². The molecule has 8 heteroatoms. The van der Waals surface area contributed by atoms with Crippen molar-refractivity contribution in [1.82, 2.24) is 9.78 Å². The van der Waals surface area contributed by atoms with Crippen molar-refractivity contribution >= 4 is 16.7 Å². The summed E-state index contributed by atoms with van der Waals surface area (Å²) in [5.41, 5.74) is -1.11. The smallest absolute Gasteiger partial charge is 0.416 e. The van der Waals surface area contributed by atoms with Gasteiger partial charge in [-0.15, -0.1) is 0 Å². The number of benzene rings is 1. The minimum atomic E-state index is -4.51. The zero-order valence-electron chi connectivity index (χ0n) is 14.2. The number of rotatable bonds is 5. The molecule has 1 aromatic carbocycles. The van der Waals surface area contributed by atoms with Gasteiger partial charge >= 0.3 is 12.1 Å². The number of nitrogens with zero attached hydrogens (tertiary/aromatic N) is 2. The molecule has 0 radical (unpaired) electrons. The van der Waals surface area contributed by atoms with Gasteiger partial charge in [0.2, 0.25) is 0 Å². The van der Waals surface area contributed by atoms with E-state index in [1.807, 2.05) is 13.8 Å². The normalized spacial score (nSPS) is 12.0. The van der Waals surface area contributed by atoms with Crippen LogP contribution in [-0.4, -0.2) is 22.4 Å². The van der Waals surface area contributed by atoms with Crippen molar-refractivity contribution in [3.63, 3.8) is 0 Å². The molecule has 0 spiro atoms. The molecule has 0 unspecified atom stereocenters. The van der Waals surface area contributed by atoms with Crippen molar-refractivity contribution in [1.29, 1.82) is 0 Å². The molecule has 1 heterocycles. The van der Waals surface area contributed by atoms with Crippen LogP contribution in [0, 0.1) is 5.92 Å². The Kier molecular flexibility index (Phi) is 5.49. The van der Waals surface area contributed by atoms with E-state index in [0.29, 0.717) is 12.1 Å². The second-order valence-corrected chi connectivity index (χ2v) is 6.07. The molecule has 136 valence electrons. The van der Waals surface area contributed by atoms with Gasteiger partial charge in [-0.1, -0.05) is 13.8 Å². The van der Waals surface area contributed by atoms with Crippen LogP contribution >= 0.6 is 0 Å². The van der Waals surface area contributed by atoms with E-state index in [2.05, 4.69) is 5.10 Å². The summed E-state index contributed by atoms with van der Waals surface area (Å²) in [6, 6.07) is 2.93. The molecule has 0 aliphatic carbocycles. The zero-order valence-corrected chi connectivity index (χ0v) is 14.2. The van der Waals surface area contributed by atoms with E-state index in [0.717, 1.165) is 22.9 Å². The van der Waals surface area contributed by atoms with Gasteiger partial charge in [0.1, 0.15) is 6.54 Å². The van der Waals surface area contributed by atoms with E-state index in [9.17, 15) is 22.8 Å². The van der Waals surface area contributed by atoms with Gasteiger partial charge in [-0.25, -0.2) is 4.68 Å². The Bertz CT molecular complexity index is 841. The molecule has 1 aromatic heterocycles. The number of carbonyl (C=O) groups is 1. The van der Waals surface area contributed by atoms with Crippen molar-refractivity contribution < 1.29 is 22.7 Å². The Morgan fingerprint density at radius 3 is 2.52 bits per heavy atom. The number of ether oxygens (including phenoxy) is 1. The van der Waals surface area contributed by atoms with Crippen molar-refractivity contribution in [3.05, 3.63) is 39.8 Å². The summed E-state index contributed by atoms with van der Waals surface area (Å²) in [7, 11) is 0. The monoisotopic (exact) mass is 356 g/mol. The minimum Gasteiger partial charge on any atom is -0.465 e. The highest BCUT2D eigenvalue weighted by Gasteiger charge is 2.31. The van der Waals surface area contributed by atoms with Gasteiger partial charge in [0.15, 0.2) is 0 Å². The predicted molar refractivity (Wildman–Crippen MR) is 86.2 cm³/mol. The fourth-order valence-electron chi connectivity index (χ4n) is 2.50. The molecule has 0 saturated carbocycles. The van der Waals surface area contributed by atoms with E-state index >= 15 is 0 Å². The average molecular weight is 356 g/mol. The van der Waals surface area contributed by atoms with E-state index in [-0.39, 0.29) is 29.8 Å². The van der Waals surface area contributed by atoms with E-state index in [1.54, 1.807) is 6.92 Å². The second-order valence-electron chi connectivity index (χ2n) is 6.07. The van der Waals surface area contributed by atoms with Gasteiger partial charge in [-0.3, -0.25) is 9.59 Å². The second kappa shape index (κ2) is 7.25. The van der Waals surface area contributed by atoms with Crippen LogP contribution in [0.3, 0.4) is 0 Å². The van der Waals surface area contributed by atoms with Crippen LogP contribution < -0.4 is 5.56 Å². The van der Waals surface area contributed by atoms with Crippen molar-refractivity contribution in [2.24, 2.45) is 5.92 Å². The lowest BCUT2D eigenvalue weighted by molar-refractivity contribution is -0.144. The summed E-state index contributed by atoms with van der Waals surface area (Å²) >= 11 is 0. The first kappa shape index (κ1) is 19.0. The van der Waals surface area contributed by atoms with Gasteiger partial charge < -0.3 is 4.74 Å². The average Bonchev–Trinajstić information content (AvgIpc) is 2.50.